The third-order valence-electron chi connectivity index (χ3n) is 5.19. The number of benzene rings is 3. The van der Waals surface area contributed by atoms with Crippen molar-refractivity contribution in [3.63, 3.8) is 0 Å². The number of nitrogens with one attached hydrogen (secondary N) is 1. The molecule has 1 N–H and O–H groups in total. The Hall–Kier alpha value is -3.92. The Labute approximate surface area is 205 Å². The van der Waals surface area contributed by atoms with Gasteiger partial charge in [-0.3, -0.25) is 9.10 Å². The first-order valence-corrected chi connectivity index (χ1v) is 12.0. The molecule has 0 bridgehead atoms. The smallest absolute Gasteiger partial charge is 0.265 e. The average molecular weight is 501 g/mol. The Morgan fingerprint density at radius 1 is 0.829 bits per heavy atom. The molecule has 186 valence electrons. The summed E-state index contributed by atoms with van der Waals surface area (Å²) in [6.45, 7) is 1.37. The number of methoxy groups -OCH3 is 4. The lowest BCUT2D eigenvalue weighted by molar-refractivity contribution is -0.114. The lowest BCUT2D eigenvalue weighted by atomic mass is 10.2. The minimum Gasteiger partial charge on any atom is -0.497 e. The maximum absolute atomic E-state index is 13.9. The van der Waals surface area contributed by atoms with Gasteiger partial charge in [0.05, 0.1) is 39.0 Å². The number of amides is 1. The molecule has 0 atom stereocenters. The highest BCUT2D eigenvalue weighted by atomic mass is 32.2. The number of anilines is 2. The fourth-order valence-corrected chi connectivity index (χ4v) is 4.89. The van der Waals surface area contributed by atoms with Gasteiger partial charge in [0.1, 0.15) is 18.0 Å². The summed E-state index contributed by atoms with van der Waals surface area (Å²) < 4.78 is 49.9. The van der Waals surface area contributed by atoms with Gasteiger partial charge in [-0.15, -0.1) is 0 Å². The predicted octanol–water partition coefficient (Wildman–Crippen LogP) is 3.86. The monoisotopic (exact) mass is 500 g/mol. The van der Waals surface area contributed by atoms with Gasteiger partial charge in [0.25, 0.3) is 10.0 Å². The van der Waals surface area contributed by atoms with Crippen molar-refractivity contribution < 1.29 is 32.2 Å². The maximum atomic E-state index is 13.9. The fraction of sp³-hybridized carbons (Fsp3) is 0.240. The minimum atomic E-state index is -4.26. The Kier molecular flexibility index (Phi) is 8.08. The summed E-state index contributed by atoms with van der Waals surface area (Å²) in [7, 11) is 1.48. The second kappa shape index (κ2) is 11.0. The van der Waals surface area contributed by atoms with Crippen LogP contribution in [0.2, 0.25) is 0 Å². The van der Waals surface area contributed by atoms with Crippen molar-refractivity contribution in [1.82, 2.24) is 0 Å². The van der Waals surface area contributed by atoms with Gasteiger partial charge >= 0.3 is 0 Å². The van der Waals surface area contributed by atoms with Gasteiger partial charge in [0.2, 0.25) is 5.91 Å². The highest BCUT2D eigenvalue weighted by Gasteiger charge is 2.31. The fourth-order valence-electron chi connectivity index (χ4n) is 3.45. The molecule has 3 aromatic rings. The number of hydrogen-bond acceptors (Lipinski definition) is 7. The molecule has 0 fully saturated rings. The van der Waals surface area contributed by atoms with Crippen LogP contribution in [0.4, 0.5) is 11.4 Å². The van der Waals surface area contributed by atoms with Crippen LogP contribution >= 0.6 is 0 Å². The second-order valence-electron chi connectivity index (χ2n) is 7.48. The highest BCUT2D eigenvalue weighted by Crippen LogP contribution is 2.37. The zero-order chi connectivity index (χ0) is 25.6. The number of ether oxygens (including phenoxy) is 4. The van der Waals surface area contributed by atoms with Crippen molar-refractivity contribution in [2.24, 2.45) is 0 Å². The van der Waals surface area contributed by atoms with E-state index in [1.54, 1.807) is 30.3 Å². The van der Waals surface area contributed by atoms with Crippen LogP contribution in [0, 0.1) is 6.92 Å². The third-order valence-corrected chi connectivity index (χ3v) is 6.94. The van der Waals surface area contributed by atoms with Crippen molar-refractivity contribution in [2.45, 2.75) is 11.8 Å². The lowest BCUT2D eigenvalue weighted by Gasteiger charge is -2.26. The molecule has 0 saturated carbocycles. The summed E-state index contributed by atoms with van der Waals surface area (Å²) in [6, 6.07) is 16.1. The number of hydrogen-bond donors (Lipinski definition) is 1. The molecule has 0 heterocycles. The standard InChI is InChI=1S/C25H28N2O7S/c1-17-7-6-8-18(13-17)26-25(28)16-27(21-14-19(31-2)9-11-22(21)32-3)35(29,30)20-10-12-23(33-4)24(15-20)34-5/h6-15H,16H2,1-5H3,(H,26,28). The molecule has 0 aliphatic heterocycles. The number of sulfonamides is 1. The van der Waals surface area contributed by atoms with Crippen LogP contribution in [0.5, 0.6) is 23.0 Å². The van der Waals surface area contributed by atoms with Gasteiger partial charge in [0, 0.05) is 17.8 Å². The SMILES string of the molecule is COc1ccc(OC)c(N(CC(=O)Nc2cccc(C)c2)S(=O)(=O)c2ccc(OC)c(OC)c2)c1. The first-order chi connectivity index (χ1) is 16.7. The van der Waals surface area contributed by atoms with Crippen molar-refractivity contribution >= 4 is 27.3 Å². The molecule has 9 nitrogen and oxygen atoms in total. The number of carbonyl (C=O) groups is 1. The van der Waals surface area contributed by atoms with Gasteiger partial charge < -0.3 is 24.3 Å². The molecule has 10 heteroatoms. The molecule has 1 amide bonds. The van der Waals surface area contributed by atoms with Crippen molar-refractivity contribution in [2.75, 3.05) is 44.6 Å². The average Bonchev–Trinajstić information content (AvgIpc) is 2.86. The quantitative estimate of drug-likeness (QED) is 0.451. The molecule has 3 aromatic carbocycles. The number of carbonyl (C=O) groups excluding carboxylic acids is 1. The normalized spacial score (nSPS) is 10.9. The van der Waals surface area contributed by atoms with Crippen LogP contribution in [-0.2, 0) is 14.8 Å². The molecule has 0 aliphatic rings. The van der Waals surface area contributed by atoms with Crippen LogP contribution in [0.3, 0.4) is 0 Å². The highest BCUT2D eigenvalue weighted by molar-refractivity contribution is 7.92. The van der Waals surface area contributed by atoms with E-state index in [9.17, 15) is 13.2 Å². The maximum Gasteiger partial charge on any atom is 0.265 e. The zero-order valence-electron chi connectivity index (χ0n) is 20.2. The predicted molar refractivity (Wildman–Crippen MR) is 133 cm³/mol. The number of rotatable bonds is 10. The Morgan fingerprint density at radius 2 is 1.51 bits per heavy atom. The van der Waals surface area contributed by atoms with E-state index < -0.39 is 22.5 Å². The summed E-state index contributed by atoms with van der Waals surface area (Å²) in [5, 5.41) is 2.75. The zero-order valence-corrected chi connectivity index (χ0v) is 21.0. The molecule has 3 rings (SSSR count). The molecule has 0 aromatic heterocycles. The molecule has 35 heavy (non-hydrogen) atoms. The summed E-state index contributed by atoms with van der Waals surface area (Å²) in [6.07, 6.45) is 0. The topological polar surface area (TPSA) is 103 Å². The molecule has 0 aliphatic carbocycles. The molecule has 0 unspecified atom stereocenters. The summed E-state index contributed by atoms with van der Waals surface area (Å²) in [5.74, 6) is 0.708. The molecule has 0 saturated heterocycles. The van der Waals surface area contributed by atoms with Crippen LogP contribution in [0.1, 0.15) is 5.56 Å². The first-order valence-electron chi connectivity index (χ1n) is 10.6. The Bertz CT molecular complexity index is 1310. The van der Waals surface area contributed by atoms with Gasteiger partial charge in [-0.2, -0.15) is 0 Å². The van der Waals surface area contributed by atoms with E-state index >= 15 is 0 Å². The molecular formula is C25H28N2O7S. The molecule has 0 spiro atoms. The van der Waals surface area contributed by atoms with Gasteiger partial charge in [0.15, 0.2) is 11.5 Å². The number of nitrogens with zero attached hydrogens (tertiary/aromatic N) is 1. The van der Waals surface area contributed by atoms with E-state index in [2.05, 4.69) is 5.32 Å². The van der Waals surface area contributed by atoms with E-state index in [1.165, 1.54) is 52.7 Å². The van der Waals surface area contributed by atoms with E-state index in [-0.39, 0.29) is 22.1 Å². The first kappa shape index (κ1) is 25.7. The van der Waals surface area contributed by atoms with E-state index in [1.807, 2.05) is 13.0 Å². The summed E-state index contributed by atoms with van der Waals surface area (Å²) >= 11 is 0. The molecular weight excluding hydrogens is 472 g/mol. The number of aryl methyl sites for hydroxylation is 1. The van der Waals surface area contributed by atoms with E-state index in [4.69, 9.17) is 18.9 Å². The Balaban J connectivity index is 2.10. The van der Waals surface area contributed by atoms with E-state index in [0.717, 1.165) is 9.87 Å². The Morgan fingerprint density at radius 3 is 2.14 bits per heavy atom. The van der Waals surface area contributed by atoms with Crippen LogP contribution in [0.25, 0.3) is 0 Å². The van der Waals surface area contributed by atoms with Gasteiger partial charge in [-0.1, -0.05) is 12.1 Å². The van der Waals surface area contributed by atoms with Gasteiger partial charge in [-0.05, 0) is 48.9 Å². The van der Waals surface area contributed by atoms with Crippen molar-refractivity contribution in [3.8, 4) is 23.0 Å². The third kappa shape index (κ3) is 5.78. The lowest BCUT2D eigenvalue weighted by Crippen LogP contribution is -2.38. The van der Waals surface area contributed by atoms with Gasteiger partial charge in [-0.25, -0.2) is 8.42 Å². The minimum absolute atomic E-state index is 0.0941. The van der Waals surface area contributed by atoms with Crippen molar-refractivity contribution in [1.29, 1.82) is 0 Å². The van der Waals surface area contributed by atoms with Crippen molar-refractivity contribution in [3.05, 3.63) is 66.2 Å². The second-order valence-corrected chi connectivity index (χ2v) is 9.35. The van der Waals surface area contributed by atoms with Crippen LogP contribution in [0.15, 0.2) is 65.6 Å². The largest absolute Gasteiger partial charge is 0.497 e. The van der Waals surface area contributed by atoms with Crippen LogP contribution in [-0.4, -0.2) is 49.3 Å². The van der Waals surface area contributed by atoms with Crippen LogP contribution < -0.4 is 28.6 Å². The molecule has 0 radical (unpaired) electrons. The summed E-state index contributed by atoms with van der Waals surface area (Å²) in [5.41, 5.74) is 1.64. The summed E-state index contributed by atoms with van der Waals surface area (Å²) in [4.78, 5) is 12.9. The van der Waals surface area contributed by atoms with E-state index in [0.29, 0.717) is 17.2 Å².